The van der Waals surface area contributed by atoms with E-state index in [2.05, 4.69) is 5.32 Å². The highest BCUT2D eigenvalue weighted by molar-refractivity contribution is 5.75. The molecule has 2 aliphatic rings. The number of urea groups is 1. The average molecular weight is 344 g/mol. The van der Waals surface area contributed by atoms with Crippen molar-refractivity contribution in [1.82, 2.24) is 10.2 Å². The quantitative estimate of drug-likeness (QED) is 0.912. The van der Waals surface area contributed by atoms with Gasteiger partial charge in [-0.25, -0.2) is 4.79 Å². The smallest absolute Gasteiger partial charge is 0.318 e. The van der Waals surface area contributed by atoms with E-state index in [1.165, 1.54) is 0 Å². The molecule has 1 aliphatic carbocycles. The number of methoxy groups -OCH3 is 1. The molecule has 134 valence electrons. The first-order valence-corrected chi connectivity index (χ1v) is 8.97. The van der Waals surface area contributed by atoms with E-state index in [1.54, 1.807) is 13.4 Å². The number of hydrogen-bond donors (Lipinski definition) is 1. The van der Waals surface area contributed by atoms with Crippen molar-refractivity contribution in [3.63, 3.8) is 0 Å². The van der Waals surface area contributed by atoms with Crippen LogP contribution in [0.25, 0.3) is 0 Å². The van der Waals surface area contributed by atoms with Gasteiger partial charge >= 0.3 is 6.03 Å². The summed E-state index contributed by atoms with van der Waals surface area (Å²) in [6.45, 7) is 1.20. The Morgan fingerprint density at radius 3 is 3.12 bits per heavy atom. The van der Waals surface area contributed by atoms with Crippen molar-refractivity contribution in [2.75, 3.05) is 13.7 Å². The minimum atomic E-state index is -0.0220. The summed E-state index contributed by atoms with van der Waals surface area (Å²) in [6, 6.07) is 5.87. The highest BCUT2D eigenvalue weighted by Crippen LogP contribution is 2.35. The third kappa shape index (κ3) is 3.18. The zero-order valence-electron chi connectivity index (χ0n) is 14.5. The van der Waals surface area contributed by atoms with Crippen molar-refractivity contribution in [1.29, 1.82) is 0 Å². The maximum absolute atomic E-state index is 12.9. The summed E-state index contributed by atoms with van der Waals surface area (Å²) in [5, 5.41) is 3.20. The third-order valence-electron chi connectivity index (χ3n) is 5.16. The number of rotatable bonds is 4. The van der Waals surface area contributed by atoms with E-state index in [4.69, 9.17) is 13.6 Å². The van der Waals surface area contributed by atoms with E-state index in [1.807, 2.05) is 23.1 Å². The summed E-state index contributed by atoms with van der Waals surface area (Å²) in [5.74, 6) is 2.64. The van der Waals surface area contributed by atoms with Crippen LogP contribution in [0.4, 0.5) is 4.79 Å². The summed E-state index contributed by atoms with van der Waals surface area (Å²) < 4.78 is 16.5. The number of amides is 2. The highest BCUT2D eigenvalue weighted by Gasteiger charge is 2.34. The van der Waals surface area contributed by atoms with Crippen LogP contribution >= 0.6 is 0 Å². The van der Waals surface area contributed by atoms with Gasteiger partial charge < -0.3 is 23.8 Å². The molecule has 0 aromatic carbocycles. The van der Waals surface area contributed by atoms with Gasteiger partial charge in [0.25, 0.3) is 0 Å². The molecule has 2 amide bonds. The lowest BCUT2D eigenvalue weighted by Crippen LogP contribution is -2.41. The molecule has 1 N–H and O–H groups in total. The van der Waals surface area contributed by atoms with Crippen molar-refractivity contribution in [2.45, 2.75) is 50.8 Å². The van der Waals surface area contributed by atoms with Gasteiger partial charge in [-0.15, -0.1) is 0 Å². The minimum absolute atomic E-state index is 0.00184. The van der Waals surface area contributed by atoms with Gasteiger partial charge in [0, 0.05) is 25.6 Å². The molecule has 1 aliphatic heterocycles. The van der Waals surface area contributed by atoms with Crippen molar-refractivity contribution in [3.8, 4) is 0 Å². The Bertz CT molecular complexity index is 735. The maximum atomic E-state index is 12.9. The van der Waals surface area contributed by atoms with Gasteiger partial charge in [-0.2, -0.15) is 0 Å². The Morgan fingerprint density at radius 1 is 1.32 bits per heavy atom. The molecule has 0 unspecified atom stereocenters. The zero-order chi connectivity index (χ0) is 17.2. The Balaban J connectivity index is 1.46. The summed E-state index contributed by atoms with van der Waals surface area (Å²) >= 11 is 0. The van der Waals surface area contributed by atoms with E-state index < -0.39 is 0 Å². The second-order valence-corrected chi connectivity index (χ2v) is 6.78. The fourth-order valence-corrected chi connectivity index (χ4v) is 3.97. The van der Waals surface area contributed by atoms with Gasteiger partial charge in [0.15, 0.2) is 0 Å². The monoisotopic (exact) mass is 344 g/mol. The average Bonchev–Trinajstić information content (AvgIpc) is 3.35. The van der Waals surface area contributed by atoms with Crippen LogP contribution < -0.4 is 5.32 Å². The molecule has 1 fully saturated rings. The highest BCUT2D eigenvalue weighted by atomic mass is 16.5. The van der Waals surface area contributed by atoms with Crippen LogP contribution in [-0.2, 0) is 17.8 Å². The summed E-state index contributed by atoms with van der Waals surface area (Å²) in [5.41, 5.74) is 1.12. The fraction of sp³-hybridized carbons (Fsp3) is 0.526. The van der Waals surface area contributed by atoms with Crippen molar-refractivity contribution in [3.05, 3.63) is 47.3 Å². The lowest BCUT2D eigenvalue weighted by atomic mass is 9.93. The van der Waals surface area contributed by atoms with Gasteiger partial charge in [-0.1, -0.05) is 0 Å². The van der Waals surface area contributed by atoms with Crippen LogP contribution in [0.3, 0.4) is 0 Å². The molecule has 1 saturated heterocycles. The molecule has 0 bridgehead atoms. The Morgan fingerprint density at radius 2 is 2.24 bits per heavy atom. The van der Waals surface area contributed by atoms with Crippen LogP contribution in [0.1, 0.15) is 60.6 Å². The summed E-state index contributed by atoms with van der Waals surface area (Å²) in [6.07, 6.45) is 6.57. The van der Waals surface area contributed by atoms with Gasteiger partial charge in [0.2, 0.25) is 0 Å². The first-order valence-electron chi connectivity index (χ1n) is 8.97. The van der Waals surface area contributed by atoms with Crippen molar-refractivity contribution < 1.29 is 18.4 Å². The Kier molecular flexibility index (Phi) is 4.53. The predicted octanol–water partition coefficient (Wildman–Crippen LogP) is 3.94. The zero-order valence-corrected chi connectivity index (χ0v) is 14.5. The number of carbonyl (C=O) groups is 1. The molecule has 2 atom stereocenters. The Hall–Kier alpha value is -2.21. The lowest BCUT2D eigenvalue weighted by molar-refractivity contribution is 0.155. The number of likely N-dealkylation sites (tertiary alicyclic amines) is 1. The number of ether oxygens (including phenoxy) is 1. The van der Waals surface area contributed by atoms with Gasteiger partial charge in [0.1, 0.15) is 23.9 Å². The number of carbonyl (C=O) groups excluding carboxylic acids is 1. The maximum Gasteiger partial charge on any atom is 0.318 e. The second kappa shape index (κ2) is 6.96. The predicted molar refractivity (Wildman–Crippen MR) is 91.0 cm³/mol. The van der Waals surface area contributed by atoms with Gasteiger partial charge in [-0.3, -0.25) is 0 Å². The van der Waals surface area contributed by atoms with Crippen LogP contribution in [0.5, 0.6) is 0 Å². The second-order valence-electron chi connectivity index (χ2n) is 6.78. The van der Waals surface area contributed by atoms with Crippen LogP contribution in [0, 0.1) is 0 Å². The van der Waals surface area contributed by atoms with E-state index in [0.717, 1.165) is 61.5 Å². The van der Waals surface area contributed by atoms with E-state index in [9.17, 15) is 4.79 Å². The van der Waals surface area contributed by atoms with E-state index >= 15 is 0 Å². The molecular weight excluding hydrogens is 320 g/mol. The molecule has 0 radical (unpaired) electrons. The number of fused-ring (bicyclic) bond motifs is 1. The lowest BCUT2D eigenvalue weighted by Gasteiger charge is -2.28. The molecular formula is C19H24N2O4. The molecule has 25 heavy (non-hydrogen) atoms. The summed E-state index contributed by atoms with van der Waals surface area (Å²) in [4.78, 5) is 14.8. The largest absolute Gasteiger partial charge is 0.469 e. The molecule has 6 heteroatoms. The molecule has 4 rings (SSSR count). The van der Waals surface area contributed by atoms with Crippen LogP contribution in [0.2, 0.25) is 0 Å². The number of nitrogens with one attached hydrogen (secondary N) is 1. The molecule has 3 heterocycles. The first kappa shape index (κ1) is 16.3. The number of hydrogen-bond acceptors (Lipinski definition) is 4. The fourth-order valence-electron chi connectivity index (χ4n) is 3.97. The normalized spacial score (nSPS) is 22.8. The standard InChI is InChI=1S/C19H24N2O4/c1-23-12-13-7-8-18(25-13)16-5-3-10-21(16)19(22)20-15-4-2-6-17-14(15)9-11-24-17/h7-9,11,15-16H,2-6,10,12H2,1H3,(H,20,22)/t15-,16+/m1/s1. The van der Waals surface area contributed by atoms with Gasteiger partial charge in [0.05, 0.1) is 18.3 Å². The van der Waals surface area contributed by atoms with Crippen molar-refractivity contribution >= 4 is 6.03 Å². The van der Waals surface area contributed by atoms with E-state index in [0.29, 0.717) is 6.61 Å². The first-order chi connectivity index (χ1) is 12.3. The van der Waals surface area contributed by atoms with Gasteiger partial charge in [-0.05, 0) is 43.9 Å². The van der Waals surface area contributed by atoms with Crippen molar-refractivity contribution in [2.24, 2.45) is 0 Å². The molecule has 2 aromatic heterocycles. The summed E-state index contributed by atoms with van der Waals surface area (Å²) in [7, 11) is 1.64. The number of aryl methyl sites for hydroxylation is 1. The van der Waals surface area contributed by atoms with E-state index in [-0.39, 0.29) is 18.1 Å². The number of furan rings is 2. The molecule has 2 aromatic rings. The molecule has 0 spiro atoms. The van der Waals surface area contributed by atoms with Crippen LogP contribution in [0.15, 0.2) is 33.3 Å². The SMILES string of the molecule is COCc1ccc([C@@H]2CCCN2C(=O)N[C@@H]2CCCc3occc32)o1. The van der Waals surface area contributed by atoms with Crippen LogP contribution in [-0.4, -0.2) is 24.6 Å². The Labute approximate surface area is 147 Å². The third-order valence-corrected chi connectivity index (χ3v) is 5.16. The topological polar surface area (TPSA) is 67.8 Å². The molecule has 0 saturated carbocycles. The molecule has 6 nitrogen and oxygen atoms in total. The minimum Gasteiger partial charge on any atom is -0.469 e. The number of nitrogens with zero attached hydrogens (tertiary/aromatic N) is 1.